The SMILES string of the molecule is CC(C)C1CCC(n2cc(NC(=O)c3cnn4cc(Cl)cnc34)c(C(F)F)n2)CC1. The molecule has 0 bridgehead atoms. The summed E-state index contributed by atoms with van der Waals surface area (Å²) < 4.78 is 30.1. The summed E-state index contributed by atoms with van der Waals surface area (Å²) in [6.45, 7) is 4.43. The van der Waals surface area contributed by atoms with Crippen LogP contribution in [0.15, 0.2) is 24.8 Å². The fraction of sp³-hybridized carbons (Fsp3) is 0.500. The predicted octanol–water partition coefficient (Wildman–Crippen LogP) is 5.16. The number of nitrogens with one attached hydrogen (secondary N) is 1. The molecule has 30 heavy (non-hydrogen) atoms. The van der Waals surface area contributed by atoms with Gasteiger partial charge in [-0.25, -0.2) is 18.3 Å². The first-order valence-electron chi connectivity index (χ1n) is 10.0. The van der Waals surface area contributed by atoms with Crippen LogP contribution in [-0.2, 0) is 0 Å². The summed E-state index contributed by atoms with van der Waals surface area (Å²) in [5.41, 5.74) is 0.0306. The van der Waals surface area contributed by atoms with Crippen LogP contribution in [0.25, 0.3) is 5.65 Å². The van der Waals surface area contributed by atoms with E-state index in [1.165, 1.54) is 29.3 Å². The molecule has 0 aromatic carbocycles. The molecule has 0 unspecified atom stereocenters. The molecule has 10 heteroatoms. The summed E-state index contributed by atoms with van der Waals surface area (Å²) in [5, 5.41) is 11.1. The van der Waals surface area contributed by atoms with Crippen molar-refractivity contribution in [1.29, 1.82) is 0 Å². The molecule has 4 rings (SSSR count). The van der Waals surface area contributed by atoms with E-state index in [1.54, 1.807) is 4.68 Å². The van der Waals surface area contributed by atoms with E-state index in [4.69, 9.17) is 11.6 Å². The van der Waals surface area contributed by atoms with Gasteiger partial charge in [-0.1, -0.05) is 25.4 Å². The molecule has 0 radical (unpaired) electrons. The van der Waals surface area contributed by atoms with Crippen molar-refractivity contribution in [3.8, 4) is 0 Å². The van der Waals surface area contributed by atoms with Crippen LogP contribution in [0.5, 0.6) is 0 Å². The van der Waals surface area contributed by atoms with E-state index in [1.807, 2.05) is 0 Å². The van der Waals surface area contributed by atoms with Crippen LogP contribution in [0.2, 0.25) is 5.02 Å². The van der Waals surface area contributed by atoms with E-state index in [0.29, 0.717) is 16.9 Å². The molecule has 1 fully saturated rings. The summed E-state index contributed by atoms with van der Waals surface area (Å²) >= 11 is 5.88. The number of carbonyl (C=O) groups excluding carboxylic acids is 1. The van der Waals surface area contributed by atoms with Crippen LogP contribution in [0, 0.1) is 11.8 Å². The smallest absolute Gasteiger partial charge is 0.284 e. The van der Waals surface area contributed by atoms with Crippen LogP contribution in [-0.4, -0.2) is 30.3 Å². The Bertz CT molecular complexity index is 1050. The maximum atomic E-state index is 13.6. The van der Waals surface area contributed by atoms with Gasteiger partial charge in [0.2, 0.25) is 0 Å². The molecule has 0 spiro atoms. The van der Waals surface area contributed by atoms with Gasteiger partial charge in [-0.3, -0.25) is 9.48 Å². The monoisotopic (exact) mass is 436 g/mol. The van der Waals surface area contributed by atoms with Gasteiger partial charge in [0.15, 0.2) is 11.3 Å². The molecular weight excluding hydrogens is 414 g/mol. The highest BCUT2D eigenvalue weighted by Crippen LogP contribution is 2.37. The molecule has 7 nitrogen and oxygen atoms in total. The minimum absolute atomic E-state index is 0.00861. The van der Waals surface area contributed by atoms with Gasteiger partial charge in [-0.05, 0) is 37.5 Å². The molecular formula is C20H23ClF2N6O. The first-order valence-corrected chi connectivity index (χ1v) is 10.4. The number of amides is 1. The van der Waals surface area contributed by atoms with Crippen molar-refractivity contribution in [1.82, 2.24) is 24.4 Å². The Hall–Kier alpha value is -2.55. The summed E-state index contributed by atoms with van der Waals surface area (Å²) in [5.74, 6) is 0.691. The lowest BCUT2D eigenvalue weighted by Crippen LogP contribution is -2.21. The van der Waals surface area contributed by atoms with E-state index >= 15 is 0 Å². The Balaban J connectivity index is 1.55. The summed E-state index contributed by atoms with van der Waals surface area (Å²) in [4.78, 5) is 16.8. The zero-order chi connectivity index (χ0) is 21.4. The van der Waals surface area contributed by atoms with Crippen molar-refractivity contribution in [3.05, 3.63) is 41.1 Å². The maximum absolute atomic E-state index is 13.6. The van der Waals surface area contributed by atoms with Crippen molar-refractivity contribution < 1.29 is 13.6 Å². The van der Waals surface area contributed by atoms with Gasteiger partial charge in [-0.15, -0.1) is 0 Å². The average molecular weight is 437 g/mol. The molecule has 1 N–H and O–H groups in total. The molecule has 1 saturated carbocycles. The lowest BCUT2D eigenvalue weighted by atomic mass is 9.80. The topological polar surface area (TPSA) is 77.1 Å². The van der Waals surface area contributed by atoms with Crippen LogP contribution in [0.3, 0.4) is 0 Å². The zero-order valence-corrected chi connectivity index (χ0v) is 17.5. The van der Waals surface area contributed by atoms with E-state index in [2.05, 4.69) is 34.3 Å². The number of hydrogen-bond donors (Lipinski definition) is 1. The Labute approximate surface area is 177 Å². The quantitative estimate of drug-likeness (QED) is 0.599. The van der Waals surface area contributed by atoms with Crippen molar-refractivity contribution >= 4 is 28.8 Å². The van der Waals surface area contributed by atoms with E-state index in [9.17, 15) is 13.6 Å². The van der Waals surface area contributed by atoms with Crippen molar-refractivity contribution in [3.63, 3.8) is 0 Å². The fourth-order valence-electron chi connectivity index (χ4n) is 4.08. The van der Waals surface area contributed by atoms with Crippen molar-refractivity contribution in [2.24, 2.45) is 11.8 Å². The number of aromatic nitrogens is 5. The van der Waals surface area contributed by atoms with Gasteiger partial charge in [0, 0.05) is 12.4 Å². The molecule has 1 amide bonds. The largest absolute Gasteiger partial charge is 0.319 e. The van der Waals surface area contributed by atoms with Gasteiger partial charge in [0.25, 0.3) is 12.3 Å². The molecule has 1 aliphatic rings. The molecule has 160 valence electrons. The van der Waals surface area contributed by atoms with Gasteiger partial charge < -0.3 is 5.32 Å². The maximum Gasteiger partial charge on any atom is 0.284 e. The van der Waals surface area contributed by atoms with Crippen molar-refractivity contribution in [2.75, 3.05) is 5.32 Å². The second kappa shape index (κ2) is 8.29. The number of nitrogens with zero attached hydrogens (tertiary/aromatic N) is 5. The summed E-state index contributed by atoms with van der Waals surface area (Å²) in [6.07, 6.45) is 6.81. The predicted molar refractivity (Wildman–Crippen MR) is 109 cm³/mol. The lowest BCUT2D eigenvalue weighted by molar-refractivity contribution is 0.102. The number of alkyl halides is 2. The number of anilines is 1. The first kappa shape index (κ1) is 20.7. The summed E-state index contributed by atoms with van der Waals surface area (Å²) in [6, 6.07) is 0.0592. The molecule has 1 aliphatic carbocycles. The summed E-state index contributed by atoms with van der Waals surface area (Å²) in [7, 11) is 0. The van der Waals surface area contributed by atoms with E-state index in [-0.39, 0.29) is 22.9 Å². The fourth-order valence-corrected chi connectivity index (χ4v) is 4.23. The molecule has 3 aromatic rings. The Morgan fingerprint density at radius 1 is 1.20 bits per heavy atom. The number of halogens is 3. The third-order valence-electron chi connectivity index (χ3n) is 5.84. The van der Waals surface area contributed by atoms with E-state index in [0.717, 1.165) is 25.7 Å². The molecule has 0 atom stereocenters. The van der Waals surface area contributed by atoms with Crippen LogP contribution >= 0.6 is 11.6 Å². The standard InChI is InChI=1S/C20H23ClF2N6O/c1-11(2)12-3-5-14(6-4-12)28-10-16(17(27-28)18(22)23)26-20(30)15-8-25-29-9-13(21)7-24-19(15)29/h7-12,14,18H,3-6H2,1-2H3,(H,26,30). The highest BCUT2D eigenvalue weighted by atomic mass is 35.5. The number of fused-ring (bicyclic) bond motifs is 1. The highest BCUT2D eigenvalue weighted by molar-refractivity contribution is 6.30. The van der Waals surface area contributed by atoms with Gasteiger partial charge in [0.1, 0.15) is 5.56 Å². The third-order valence-corrected chi connectivity index (χ3v) is 6.04. The highest BCUT2D eigenvalue weighted by Gasteiger charge is 2.28. The van der Waals surface area contributed by atoms with Gasteiger partial charge >= 0.3 is 0 Å². The molecule has 0 saturated heterocycles. The minimum Gasteiger partial charge on any atom is -0.319 e. The van der Waals surface area contributed by atoms with E-state index < -0.39 is 18.0 Å². The Morgan fingerprint density at radius 3 is 2.60 bits per heavy atom. The zero-order valence-electron chi connectivity index (χ0n) is 16.7. The Morgan fingerprint density at radius 2 is 1.93 bits per heavy atom. The first-order chi connectivity index (χ1) is 14.3. The number of carbonyl (C=O) groups is 1. The average Bonchev–Trinajstić information content (AvgIpc) is 3.32. The molecule has 0 aliphatic heterocycles. The van der Waals surface area contributed by atoms with Crippen molar-refractivity contribution in [2.45, 2.75) is 52.0 Å². The lowest BCUT2D eigenvalue weighted by Gasteiger charge is -2.30. The third kappa shape index (κ3) is 4.03. The normalized spacial score (nSPS) is 19.7. The minimum atomic E-state index is -2.80. The van der Waals surface area contributed by atoms with Crippen LogP contribution in [0.4, 0.5) is 14.5 Å². The van der Waals surface area contributed by atoms with Gasteiger partial charge in [-0.2, -0.15) is 10.2 Å². The van der Waals surface area contributed by atoms with Crippen LogP contribution in [0.1, 0.15) is 68.0 Å². The van der Waals surface area contributed by atoms with Gasteiger partial charge in [0.05, 0.1) is 29.1 Å². The second-order valence-electron chi connectivity index (χ2n) is 8.07. The second-order valence-corrected chi connectivity index (χ2v) is 8.51. The number of rotatable bonds is 5. The molecule has 3 heterocycles. The Kier molecular flexibility index (Phi) is 5.73. The number of hydrogen-bond acceptors (Lipinski definition) is 4. The van der Waals surface area contributed by atoms with Crippen LogP contribution < -0.4 is 5.32 Å². The molecule has 3 aromatic heterocycles.